The Hall–Kier alpha value is -1.90. The van der Waals surface area contributed by atoms with Gasteiger partial charge in [-0.1, -0.05) is 12.1 Å². The summed E-state index contributed by atoms with van der Waals surface area (Å²) >= 11 is 0. The second kappa shape index (κ2) is 5.61. The monoisotopic (exact) mass is 270 g/mol. The molecule has 104 valence electrons. The number of hydrogen-bond acceptors (Lipinski definition) is 4. The molecule has 1 aliphatic rings. The van der Waals surface area contributed by atoms with Crippen molar-refractivity contribution in [2.45, 2.75) is 19.5 Å². The molecule has 0 aliphatic carbocycles. The largest absolute Gasteiger partial charge is 0.379 e. The molecule has 5 heteroatoms. The Morgan fingerprint density at radius 2 is 2.10 bits per heavy atom. The minimum Gasteiger partial charge on any atom is -0.379 e. The van der Waals surface area contributed by atoms with Crippen molar-refractivity contribution < 1.29 is 4.74 Å². The topological polar surface area (TPSA) is 54.1 Å². The van der Waals surface area contributed by atoms with Crippen molar-refractivity contribution >= 4 is 11.0 Å². The van der Waals surface area contributed by atoms with Gasteiger partial charge in [-0.25, -0.2) is 4.98 Å². The highest BCUT2D eigenvalue weighted by atomic mass is 16.5. The average molecular weight is 270 g/mol. The zero-order valence-electron chi connectivity index (χ0n) is 11.6. The molecule has 1 fully saturated rings. The van der Waals surface area contributed by atoms with E-state index in [2.05, 4.69) is 17.9 Å². The van der Waals surface area contributed by atoms with E-state index in [-0.39, 0.29) is 6.04 Å². The van der Waals surface area contributed by atoms with E-state index in [9.17, 15) is 0 Å². The molecular formula is C15H18N4O. The standard InChI is InChI=1S/C15H18N4O/c1-12(18-8-10-20-11-9-18)15-17-13-4-2-3-5-14(13)19(15)7-6-16/h2-5,12H,7-11H2,1H3. The molecule has 20 heavy (non-hydrogen) atoms. The highest BCUT2D eigenvalue weighted by Crippen LogP contribution is 2.25. The van der Waals surface area contributed by atoms with E-state index in [4.69, 9.17) is 15.0 Å². The van der Waals surface area contributed by atoms with Crippen molar-refractivity contribution in [3.63, 3.8) is 0 Å². The molecule has 2 aromatic rings. The van der Waals surface area contributed by atoms with E-state index >= 15 is 0 Å². The van der Waals surface area contributed by atoms with E-state index in [0.717, 1.165) is 43.2 Å². The summed E-state index contributed by atoms with van der Waals surface area (Å²) < 4.78 is 7.42. The van der Waals surface area contributed by atoms with Crippen molar-refractivity contribution in [2.75, 3.05) is 26.3 Å². The molecule has 2 heterocycles. The molecule has 0 amide bonds. The highest BCUT2D eigenvalue weighted by molar-refractivity contribution is 5.76. The van der Waals surface area contributed by atoms with E-state index in [0.29, 0.717) is 6.54 Å². The third kappa shape index (κ3) is 2.28. The van der Waals surface area contributed by atoms with E-state index in [1.165, 1.54) is 0 Å². The Bertz CT molecular complexity index is 637. The summed E-state index contributed by atoms with van der Waals surface area (Å²) in [6.45, 7) is 5.85. The van der Waals surface area contributed by atoms with Crippen molar-refractivity contribution in [3.8, 4) is 6.07 Å². The first-order valence-electron chi connectivity index (χ1n) is 6.95. The minimum absolute atomic E-state index is 0.194. The average Bonchev–Trinajstić information content (AvgIpc) is 2.87. The number of morpholine rings is 1. The van der Waals surface area contributed by atoms with E-state index < -0.39 is 0 Å². The van der Waals surface area contributed by atoms with Crippen LogP contribution in [-0.4, -0.2) is 40.8 Å². The summed E-state index contributed by atoms with van der Waals surface area (Å²) in [7, 11) is 0. The molecule has 1 aromatic carbocycles. The van der Waals surface area contributed by atoms with E-state index in [1.54, 1.807) is 0 Å². The molecule has 0 spiro atoms. The summed E-state index contributed by atoms with van der Waals surface area (Å²) in [6.07, 6.45) is 0. The number of rotatable bonds is 3. The van der Waals surface area contributed by atoms with Crippen molar-refractivity contribution in [2.24, 2.45) is 0 Å². The maximum absolute atomic E-state index is 9.08. The van der Waals surface area contributed by atoms with Gasteiger partial charge in [-0.05, 0) is 19.1 Å². The first-order chi connectivity index (χ1) is 9.81. The number of benzene rings is 1. The molecule has 1 saturated heterocycles. The zero-order valence-corrected chi connectivity index (χ0v) is 11.6. The lowest BCUT2D eigenvalue weighted by molar-refractivity contribution is 0.0177. The second-order valence-electron chi connectivity index (χ2n) is 5.03. The number of ether oxygens (including phenoxy) is 1. The Kier molecular flexibility index (Phi) is 3.68. The van der Waals surface area contributed by atoms with Crippen LogP contribution in [0, 0.1) is 11.3 Å². The van der Waals surface area contributed by atoms with Crippen LogP contribution >= 0.6 is 0 Å². The number of fused-ring (bicyclic) bond motifs is 1. The molecule has 0 bridgehead atoms. The summed E-state index contributed by atoms with van der Waals surface area (Å²) in [4.78, 5) is 7.10. The maximum Gasteiger partial charge on any atom is 0.127 e. The highest BCUT2D eigenvalue weighted by Gasteiger charge is 2.23. The van der Waals surface area contributed by atoms with Gasteiger partial charge < -0.3 is 9.30 Å². The number of imidazole rings is 1. The number of hydrogen-bond donors (Lipinski definition) is 0. The third-order valence-electron chi connectivity index (χ3n) is 3.88. The fraction of sp³-hybridized carbons (Fsp3) is 0.467. The maximum atomic E-state index is 9.08. The van der Waals surface area contributed by atoms with Gasteiger partial charge in [0.25, 0.3) is 0 Å². The Balaban J connectivity index is 2.01. The van der Waals surface area contributed by atoms with Gasteiger partial charge >= 0.3 is 0 Å². The minimum atomic E-state index is 0.194. The van der Waals surface area contributed by atoms with Gasteiger partial charge in [0, 0.05) is 13.1 Å². The van der Waals surface area contributed by atoms with Crippen molar-refractivity contribution in [1.82, 2.24) is 14.5 Å². The van der Waals surface area contributed by atoms with Gasteiger partial charge in [0.1, 0.15) is 12.4 Å². The van der Waals surface area contributed by atoms with Crippen LogP contribution in [0.4, 0.5) is 0 Å². The molecule has 1 aromatic heterocycles. The molecule has 0 saturated carbocycles. The SMILES string of the molecule is CC(c1nc2ccccc2n1CC#N)N1CCOCC1. The third-order valence-corrected chi connectivity index (χ3v) is 3.88. The van der Waals surface area contributed by atoms with Crippen LogP contribution < -0.4 is 0 Å². The van der Waals surface area contributed by atoms with Gasteiger partial charge in [-0.2, -0.15) is 5.26 Å². The van der Waals surface area contributed by atoms with Crippen LogP contribution in [0.25, 0.3) is 11.0 Å². The van der Waals surface area contributed by atoms with Crippen LogP contribution in [0.2, 0.25) is 0 Å². The number of nitriles is 1. The fourth-order valence-corrected chi connectivity index (χ4v) is 2.78. The summed E-state index contributed by atoms with van der Waals surface area (Å²) in [5.74, 6) is 0.967. The zero-order chi connectivity index (χ0) is 13.9. The first kappa shape index (κ1) is 13.1. The fourth-order valence-electron chi connectivity index (χ4n) is 2.78. The molecule has 0 N–H and O–H groups in total. The summed E-state index contributed by atoms with van der Waals surface area (Å²) in [6, 6.07) is 10.4. The Morgan fingerprint density at radius 1 is 1.35 bits per heavy atom. The van der Waals surface area contributed by atoms with Crippen LogP contribution in [0.3, 0.4) is 0 Å². The van der Waals surface area contributed by atoms with Gasteiger partial charge in [0.05, 0.1) is 36.4 Å². The molecule has 3 rings (SSSR count). The predicted molar refractivity (Wildman–Crippen MR) is 76.2 cm³/mol. The van der Waals surface area contributed by atoms with Crippen LogP contribution in [0.5, 0.6) is 0 Å². The molecular weight excluding hydrogens is 252 g/mol. The lowest BCUT2D eigenvalue weighted by Gasteiger charge is -2.31. The van der Waals surface area contributed by atoms with Crippen LogP contribution in [0.15, 0.2) is 24.3 Å². The summed E-state index contributed by atoms with van der Waals surface area (Å²) in [5, 5.41) is 9.08. The smallest absolute Gasteiger partial charge is 0.127 e. The van der Waals surface area contributed by atoms with Gasteiger partial charge in [-0.15, -0.1) is 0 Å². The van der Waals surface area contributed by atoms with Crippen LogP contribution in [-0.2, 0) is 11.3 Å². The lowest BCUT2D eigenvalue weighted by atomic mass is 10.2. The quantitative estimate of drug-likeness (QED) is 0.855. The lowest BCUT2D eigenvalue weighted by Crippen LogP contribution is -2.38. The first-order valence-corrected chi connectivity index (χ1v) is 6.95. The van der Waals surface area contributed by atoms with Crippen LogP contribution in [0.1, 0.15) is 18.8 Å². The second-order valence-corrected chi connectivity index (χ2v) is 5.03. The number of aromatic nitrogens is 2. The van der Waals surface area contributed by atoms with Gasteiger partial charge in [0.15, 0.2) is 0 Å². The molecule has 1 unspecified atom stereocenters. The Morgan fingerprint density at radius 3 is 2.85 bits per heavy atom. The number of nitrogens with zero attached hydrogens (tertiary/aromatic N) is 4. The molecule has 5 nitrogen and oxygen atoms in total. The predicted octanol–water partition coefficient (Wildman–Crippen LogP) is 1.95. The summed E-state index contributed by atoms with van der Waals surface area (Å²) in [5.41, 5.74) is 1.99. The van der Waals surface area contributed by atoms with Crippen molar-refractivity contribution in [3.05, 3.63) is 30.1 Å². The number of para-hydroxylation sites is 2. The van der Waals surface area contributed by atoms with E-state index in [1.807, 2.05) is 28.8 Å². The van der Waals surface area contributed by atoms with Gasteiger partial charge in [-0.3, -0.25) is 4.90 Å². The van der Waals surface area contributed by atoms with Crippen molar-refractivity contribution in [1.29, 1.82) is 5.26 Å². The molecule has 1 atom stereocenters. The normalized spacial score (nSPS) is 18.0. The Labute approximate surface area is 118 Å². The molecule has 1 aliphatic heterocycles. The van der Waals surface area contributed by atoms with Gasteiger partial charge in [0.2, 0.25) is 0 Å². The molecule has 0 radical (unpaired) electrons.